The van der Waals surface area contributed by atoms with Gasteiger partial charge in [-0.15, -0.1) is 5.10 Å². The van der Waals surface area contributed by atoms with Crippen LogP contribution in [0.25, 0.3) is 11.0 Å². The van der Waals surface area contributed by atoms with Crippen LogP contribution in [0.4, 0.5) is 0 Å². The van der Waals surface area contributed by atoms with Gasteiger partial charge in [0.1, 0.15) is 11.6 Å². The van der Waals surface area contributed by atoms with E-state index in [2.05, 4.69) is 10.3 Å². The number of nitrogens with two attached hydrogens (primary N) is 1. The number of aliphatic carboxylic acids is 1. The summed E-state index contributed by atoms with van der Waals surface area (Å²) in [6.45, 7) is -0.0295. The van der Waals surface area contributed by atoms with E-state index < -0.39 is 18.0 Å². The Kier molecular flexibility index (Phi) is 2.94. The van der Waals surface area contributed by atoms with Crippen LogP contribution in [0.1, 0.15) is 10.4 Å². The second-order valence-corrected chi connectivity index (χ2v) is 3.72. The van der Waals surface area contributed by atoms with E-state index in [0.29, 0.717) is 11.0 Å². The molecule has 0 bridgehead atoms. The average molecular weight is 250 g/mol. The molecule has 0 spiro atoms. The zero-order chi connectivity index (χ0) is 13.3. The van der Waals surface area contributed by atoms with Crippen LogP contribution in [0, 0.1) is 0 Å². The maximum Gasteiger partial charge on any atom is 0.335 e. The molecule has 8 nitrogen and oxygen atoms in total. The Morgan fingerprint density at radius 3 is 2.72 bits per heavy atom. The van der Waals surface area contributed by atoms with Crippen molar-refractivity contribution in [2.75, 3.05) is 0 Å². The highest BCUT2D eigenvalue weighted by Gasteiger charge is 2.15. The first-order valence-corrected chi connectivity index (χ1v) is 5.04. The van der Waals surface area contributed by atoms with E-state index in [1.165, 1.54) is 22.9 Å². The molecule has 1 aromatic carbocycles. The van der Waals surface area contributed by atoms with Crippen molar-refractivity contribution in [1.29, 1.82) is 0 Å². The van der Waals surface area contributed by atoms with Gasteiger partial charge in [0.25, 0.3) is 0 Å². The van der Waals surface area contributed by atoms with Gasteiger partial charge < -0.3 is 15.9 Å². The first-order chi connectivity index (χ1) is 8.49. The number of carbonyl (C=O) groups is 2. The molecular formula is C10H10N4O4. The van der Waals surface area contributed by atoms with Gasteiger partial charge in [0.15, 0.2) is 0 Å². The number of aromatic nitrogens is 3. The SMILES string of the molecule is NC(Cn1nnc2cc(C(=O)O)ccc21)C(=O)O. The normalized spacial score (nSPS) is 12.5. The molecule has 0 saturated carbocycles. The first-order valence-electron chi connectivity index (χ1n) is 5.04. The van der Waals surface area contributed by atoms with Crippen LogP contribution in [0.3, 0.4) is 0 Å². The summed E-state index contributed by atoms with van der Waals surface area (Å²) in [5, 5.41) is 25.0. The number of aromatic carboxylic acids is 1. The Labute approximate surface area is 101 Å². The van der Waals surface area contributed by atoms with E-state index in [0.717, 1.165) is 0 Å². The first kappa shape index (κ1) is 12.0. The minimum Gasteiger partial charge on any atom is -0.480 e. The van der Waals surface area contributed by atoms with Gasteiger partial charge in [0.2, 0.25) is 0 Å². The van der Waals surface area contributed by atoms with E-state index >= 15 is 0 Å². The Balaban J connectivity index is 2.37. The fraction of sp³-hybridized carbons (Fsp3) is 0.200. The van der Waals surface area contributed by atoms with Crippen molar-refractivity contribution < 1.29 is 19.8 Å². The maximum atomic E-state index is 10.8. The molecule has 94 valence electrons. The van der Waals surface area contributed by atoms with Gasteiger partial charge in [-0.1, -0.05) is 5.21 Å². The third-order valence-corrected chi connectivity index (χ3v) is 2.45. The fourth-order valence-corrected chi connectivity index (χ4v) is 1.50. The second kappa shape index (κ2) is 4.41. The summed E-state index contributed by atoms with van der Waals surface area (Å²) < 4.78 is 1.33. The molecule has 2 rings (SSSR count). The van der Waals surface area contributed by atoms with Crippen molar-refractivity contribution in [3.8, 4) is 0 Å². The number of benzene rings is 1. The smallest absolute Gasteiger partial charge is 0.335 e. The zero-order valence-electron chi connectivity index (χ0n) is 9.15. The van der Waals surface area contributed by atoms with Crippen molar-refractivity contribution in [3.05, 3.63) is 23.8 Å². The molecular weight excluding hydrogens is 240 g/mol. The second-order valence-electron chi connectivity index (χ2n) is 3.72. The van der Waals surface area contributed by atoms with E-state index in [-0.39, 0.29) is 12.1 Å². The lowest BCUT2D eigenvalue weighted by atomic mass is 10.2. The molecule has 0 aliphatic heterocycles. The van der Waals surface area contributed by atoms with Gasteiger partial charge in [0, 0.05) is 0 Å². The summed E-state index contributed by atoms with van der Waals surface area (Å²) >= 11 is 0. The minimum absolute atomic E-state index is 0.0295. The molecule has 18 heavy (non-hydrogen) atoms. The van der Waals surface area contributed by atoms with Crippen LogP contribution in [0.15, 0.2) is 18.2 Å². The average Bonchev–Trinajstić information content (AvgIpc) is 2.71. The highest BCUT2D eigenvalue weighted by molar-refractivity contribution is 5.92. The molecule has 1 aromatic heterocycles. The van der Waals surface area contributed by atoms with Gasteiger partial charge in [-0.3, -0.25) is 4.79 Å². The number of hydrogen-bond acceptors (Lipinski definition) is 5. The number of rotatable bonds is 4. The van der Waals surface area contributed by atoms with Crippen LogP contribution in [0.5, 0.6) is 0 Å². The monoisotopic (exact) mass is 250 g/mol. The van der Waals surface area contributed by atoms with E-state index in [1.807, 2.05) is 0 Å². The van der Waals surface area contributed by atoms with Crippen LogP contribution < -0.4 is 5.73 Å². The zero-order valence-corrected chi connectivity index (χ0v) is 9.15. The van der Waals surface area contributed by atoms with Crippen molar-refractivity contribution in [2.45, 2.75) is 12.6 Å². The van der Waals surface area contributed by atoms with Gasteiger partial charge in [-0.25, -0.2) is 9.48 Å². The number of nitrogens with zero attached hydrogens (tertiary/aromatic N) is 3. The molecule has 4 N–H and O–H groups in total. The molecule has 0 saturated heterocycles. The topological polar surface area (TPSA) is 131 Å². The fourth-order valence-electron chi connectivity index (χ4n) is 1.50. The van der Waals surface area contributed by atoms with Crippen molar-refractivity contribution in [3.63, 3.8) is 0 Å². The van der Waals surface area contributed by atoms with Crippen molar-refractivity contribution in [1.82, 2.24) is 15.0 Å². The number of fused-ring (bicyclic) bond motifs is 1. The Morgan fingerprint density at radius 1 is 1.39 bits per heavy atom. The molecule has 0 aliphatic rings. The molecule has 1 unspecified atom stereocenters. The summed E-state index contributed by atoms with van der Waals surface area (Å²) in [4.78, 5) is 21.4. The maximum absolute atomic E-state index is 10.8. The van der Waals surface area contributed by atoms with E-state index in [9.17, 15) is 9.59 Å². The standard InChI is InChI=1S/C10H10N4O4/c11-6(10(17)18)4-14-8-2-1-5(9(15)16)3-7(8)12-13-14/h1-3,6H,4,11H2,(H,15,16)(H,17,18). The molecule has 2 aromatic rings. The van der Waals surface area contributed by atoms with Gasteiger partial charge in [0.05, 0.1) is 17.6 Å². The van der Waals surface area contributed by atoms with Crippen LogP contribution >= 0.6 is 0 Å². The Bertz CT molecular complexity index is 621. The number of carboxylic acid groups (broad SMARTS) is 2. The minimum atomic E-state index is -1.14. The highest BCUT2D eigenvalue weighted by Crippen LogP contribution is 2.13. The van der Waals surface area contributed by atoms with Gasteiger partial charge in [-0.05, 0) is 18.2 Å². The molecule has 0 fully saturated rings. The third kappa shape index (κ3) is 2.13. The molecule has 1 heterocycles. The quantitative estimate of drug-likeness (QED) is 0.669. The lowest BCUT2D eigenvalue weighted by Gasteiger charge is -2.06. The predicted octanol–water partition coefficient (Wildman–Crippen LogP) is -0.459. The summed E-state index contributed by atoms with van der Waals surface area (Å²) in [5.74, 6) is -2.20. The largest absolute Gasteiger partial charge is 0.480 e. The predicted molar refractivity (Wildman–Crippen MR) is 60.1 cm³/mol. The molecule has 0 radical (unpaired) electrons. The lowest BCUT2D eigenvalue weighted by Crippen LogP contribution is -2.34. The molecule has 0 aliphatic carbocycles. The summed E-state index contributed by atoms with van der Waals surface area (Å²) in [6, 6.07) is 3.20. The van der Waals surface area contributed by atoms with Crippen molar-refractivity contribution >= 4 is 23.0 Å². The molecule has 8 heteroatoms. The molecule has 0 amide bonds. The van der Waals surface area contributed by atoms with Crippen LogP contribution in [-0.4, -0.2) is 43.2 Å². The number of hydrogen-bond donors (Lipinski definition) is 3. The summed E-state index contributed by atoms with van der Waals surface area (Å²) in [7, 11) is 0. The van der Waals surface area contributed by atoms with Crippen molar-refractivity contribution in [2.24, 2.45) is 5.73 Å². The third-order valence-electron chi connectivity index (χ3n) is 2.45. The summed E-state index contributed by atoms with van der Waals surface area (Å²) in [5.41, 5.74) is 6.41. The molecule has 1 atom stereocenters. The number of carboxylic acids is 2. The van der Waals surface area contributed by atoms with Gasteiger partial charge in [-0.2, -0.15) is 0 Å². The van der Waals surface area contributed by atoms with E-state index in [4.69, 9.17) is 15.9 Å². The Morgan fingerprint density at radius 2 is 2.11 bits per heavy atom. The Hall–Kier alpha value is -2.48. The summed E-state index contributed by atoms with van der Waals surface area (Å²) in [6.07, 6.45) is 0. The van der Waals surface area contributed by atoms with Crippen LogP contribution in [0.2, 0.25) is 0 Å². The van der Waals surface area contributed by atoms with Crippen LogP contribution in [-0.2, 0) is 11.3 Å². The van der Waals surface area contributed by atoms with Gasteiger partial charge >= 0.3 is 11.9 Å². The lowest BCUT2D eigenvalue weighted by molar-refractivity contribution is -0.138. The highest BCUT2D eigenvalue weighted by atomic mass is 16.4. The van der Waals surface area contributed by atoms with E-state index in [1.54, 1.807) is 0 Å².